The number of rotatable bonds is 3. The third kappa shape index (κ3) is 3.86. The molecule has 0 spiro atoms. The number of nitrogens with zero attached hydrogens (tertiary/aromatic N) is 2. The van der Waals surface area contributed by atoms with E-state index in [0.29, 0.717) is 16.9 Å². The highest BCUT2D eigenvalue weighted by molar-refractivity contribution is 6.01. The zero-order valence-corrected chi connectivity index (χ0v) is 13.2. The molecule has 0 unspecified atom stereocenters. The van der Waals surface area contributed by atoms with Gasteiger partial charge in [0.15, 0.2) is 5.82 Å². The fourth-order valence-electron chi connectivity index (χ4n) is 2.13. The SMILES string of the molecule is Cc1nnc(-c2ccccc2NC(=O)Nc2ccc(F)cc2)[nH]c1=O. The maximum absolute atomic E-state index is 12.9. The summed E-state index contributed by atoms with van der Waals surface area (Å²) in [6.45, 7) is 1.55. The first kappa shape index (κ1) is 16.3. The number of carbonyl (C=O) groups is 1. The van der Waals surface area contributed by atoms with Gasteiger partial charge < -0.3 is 15.6 Å². The van der Waals surface area contributed by atoms with Gasteiger partial charge in [-0.1, -0.05) is 12.1 Å². The number of H-pyrrole nitrogens is 1. The number of urea groups is 1. The van der Waals surface area contributed by atoms with Gasteiger partial charge in [-0.25, -0.2) is 9.18 Å². The van der Waals surface area contributed by atoms with E-state index in [9.17, 15) is 14.0 Å². The fourth-order valence-corrected chi connectivity index (χ4v) is 2.13. The van der Waals surface area contributed by atoms with Gasteiger partial charge in [0.25, 0.3) is 5.56 Å². The number of aryl methyl sites for hydroxylation is 1. The van der Waals surface area contributed by atoms with Gasteiger partial charge in [0.05, 0.1) is 5.69 Å². The van der Waals surface area contributed by atoms with Crippen LogP contribution >= 0.6 is 0 Å². The van der Waals surface area contributed by atoms with Gasteiger partial charge in [-0.2, -0.15) is 0 Å². The summed E-state index contributed by atoms with van der Waals surface area (Å²) in [5.74, 6) is -0.147. The Hall–Kier alpha value is -3.55. The summed E-state index contributed by atoms with van der Waals surface area (Å²) in [6, 6.07) is 11.7. The Morgan fingerprint density at radius 2 is 1.76 bits per heavy atom. The third-order valence-electron chi connectivity index (χ3n) is 3.39. The number of hydrogen-bond donors (Lipinski definition) is 3. The minimum atomic E-state index is -0.513. The van der Waals surface area contributed by atoms with Gasteiger partial charge in [0.2, 0.25) is 0 Å². The van der Waals surface area contributed by atoms with Crippen LogP contribution in [0, 0.1) is 12.7 Å². The van der Waals surface area contributed by atoms with Crippen LogP contribution in [-0.4, -0.2) is 21.2 Å². The van der Waals surface area contributed by atoms with Crippen molar-refractivity contribution in [2.75, 3.05) is 10.6 Å². The maximum atomic E-state index is 12.9. The lowest BCUT2D eigenvalue weighted by molar-refractivity contribution is 0.262. The average Bonchev–Trinajstić information content (AvgIpc) is 2.60. The van der Waals surface area contributed by atoms with E-state index < -0.39 is 11.8 Å². The second-order valence-corrected chi connectivity index (χ2v) is 5.22. The molecular formula is C17H14FN5O2. The highest BCUT2D eigenvalue weighted by atomic mass is 19.1. The molecule has 0 radical (unpaired) electrons. The predicted molar refractivity (Wildman–Crippen MR) is 91.9 cm³/mol. The molecule has 0 fully saturated rings. The molecule has 7 nitrogen and oxygen atoms in total. The minimum Gasteiger partial charge on any atom is -0.308 e. The Balaban J connectivity index is 1.83. The number of aromatic amines is 1. The number of carbonyl (C=O) groups excluding carboxylic acids is 1. The van der Waals surface area contributed by atoms with Crippen LogP contribution in [0.2, 0.25) is 0 Å². The summed E-state index contributed by atoms with van der Waals surface area (Å²) >= 11 is 0. The quantitative estimate of drug-likeness (QED) is 0.683. The summed E-state index contributed by atoms with van der Waals surface area (Å²) in [5.41, 5.74) is 1.30. The standard InChI is InChI=1S/C17H14FN5O2/c1-10-16(24)21-15(23-22-10)13-4-2-3-5-14(13)20-17(25)19-12-8-6-11(18)7-9-12/h2-9H,1H3,(H2,19,20,25)(H,21,23,24). The van der Waals surface area contributed by atoms with Crippen molar-refractivity contribution in [1.82, 2.24) is 15.2 Å². The Kier molecular flexibility index (Phi) is 4.51. The van der Waals surface area contributed by atoms with E-state index in [1.165, 1.54) is 24.3 Å². The fraction of sp³-hybridized carbons (Fsp3) is 0.0588. The lowest BCUT2D eigenvalue weighted by Gasteiger charge is -2.11. The van der Waals surface area contributed by atoms with Crippen molar-refractivity contribution in [3.63, 3.8) is 0 Å². The Bertz CT molecular complexity index is 969. The second kappa shape index (κ2) is 6.91. The van der Waals surface area contributed by atoms with Crippen LogP contribution in [0.1, 0.15) is 5.69 Å². The van der Waals surface area contributed by atoms with Crippen molar-refractivity contribution in [3.05, 3.63) is 70.4 Å². The highest BCUT2D eigenvalue weighted by Crippen LogP contribution is 2.24. The molecule has 0 saturated heterocycles. The first-order valence-corrected chi connectivity index (χ1v) is 7.39. The maximum Gasteiger partial charge on any atom is 0.323 e. The molecule has 2 amide bonds. The molecule has 0 aliphatic rings. The van der Waals surface area contributed by atoms with E-state index in [-0.39, 0.29) is 17.1 Å². The number of amides is 2. The largest absolute Gasteiger partial charge is 0.323 e. The molecule has 8 heteroatoms. The van der Waals surface area contributed by atoms with Crippen molar-refractivity contribution in [2.45, 2.75) is 6.92 Å². The number of para-hydroxylation sites is 1. The summed E-state index contributed by atoms with van der Waals surface area (Å²) in [6.07, 6.45) is 0. The van der Waals surface area contributed by atoms with E-state index in [1.807, 2.05) is 0 Å². The molecule has 25 heavy (non-hydrogen) atoms. The first-order valence-electron chi connectivity index (χ1n) is 7.39. The molecule has 126 valence electrons. The van der Waals surface area contributed by atoms with Crippen LogP contribution in [-0.2, 0) is 0 Å². The van der Waals surface area contributed by atoms with Gasteiger partial charge >= 0.3 is 6.03 Å². The Morgan fingerprint density at radius 3 is 2.48 bits per heavy atom. The van der Waals surface area contributed by atoms with Crippen LogP contribution in [0.25, 0.3) is 11.4 Å². The summed E-state index contributed by atoms with van der Waals surface area (Å²) in [4.78, 5) is 26.5. The molecule has 2 aromatic carbocycles. The number of nitrogens with one attached hydrogen (secondary N) is 3. The molecule has 0 aliphatic heterocycles. The molecule has 3 aromatic rings. The zero-order chi connectivity index (χ0) is 17.8. The average molecular weight is 339 g/mol. The van der Waals surface area contributed by atoms with E-state index in [4.69, 9.17) is 0 Å². The van der Waals surface area contributed by atoms with Gasteiger partial charge in [-0.05, 0) is 43.3 Å². The van der Waals surface area contributed by atoms with E-state index in [0.717, 1.165) is 0 Å². The van der Waals surface area contributed by atoms with Gasteiger partial charge in [0.1, 0.15) is 11.5 Å². The van der Waals surface area contributed by atoms with Crippen LogP contribution in [0.15, 0.2) is 53.3 Å². The molecular weight excluding hydrogens is 325 g/mol. The first-order chi connectivity index (χ1) is 12.0. The van der Waals surface area contributed by atoms with Crippen LogP contribution in [0.4, 0.5) is 20.6 Å². The van der Waals surface area contributed by atoms with Crippen molar-refractivity contribution >= 4 is 17.4 Å². The molecule has 0 saturated carbocycles. The lowest BCUT2D eigenvalue weighted by Crippen LogP contribution is -2.20. The van der Waals surface area contributed by atoms with Crippen molar-refractivity contribution < 1.29 is 9.18 Å². The lowest BCUT2D eigenvalue weighted by atomic mass is 10.1. The molecule has 1 heterocycles. The number of hydrogen-bond acceptors (Lipinski definition) is 4. The highest BCUT2D eigenvalue weighted by Gasteiger charge is 2.11. The van der Waals surface area contributed by atoms with Crippen molar-refractivity contribution in [3.8, 4) is 11.4 Å². The predicted octanol–water partition coefficient (Wildman–Crippen LogP) is 2.92. The van der Waals surface area contributed by atoms with Crippen LogP contribution < -0.4 is 16.2 Å². The number of anilines is 2. The Labute approximate surface area is 141 Å². The topological polar surface area (TPSA) is 99.8 Å². The minimum absolute atomic E-state index is 0.244. The number of benzene rings is 2. The van der Waals surface area contributed by atoms with Crippen LogP contribution in [0.5, 0.6) is 0 Å². The van der Waals surface area contributed by atoms with Gasteiger partial charge in [-0.3, -0.25) is 4.79 Å². The summed E-state index contributed by atoms with van der Waals surface area (Å²) in [5, 5.41) is 13.0. The Morgan fingerprint density at radius 1 is 1.04 bits per heavy atom. The monoisotopic (exact) mass is 339 g/mol. The van der Waals surface area contributed by atoms with Crippen LogP contribution in [0.3, 0.4) is 0 Å². The molecule has 1 aromatic heterocycles. The summed E-state index contributed by atoms with van der Waals surface area (Å²) in [7, 11) is 0. The molecule has 3 rings (SSSR count). The van der Waals surface area contributed by atoms with E-state index in [2.05, 4.69) is 25.8 Å². The molecule has 0 aliphatic carbocycles. The normalized spacial score (nSPS) is 10.3. The molecule has 3 N–H and O–H groups in total. The van der Waals surface area contributed by atoms with Gasteiger partial charge in [-0.15, -0.1) is 10.2 Å². The summed E-state index contributed by atoms with van der Waals surface area (Å²) < 4.78 is 12.9. The van der Waals surface area contributed by atoms with Gasteiger partial charge in [0, 0.05) is 11.3 Å². The smallest absolute Gasteiger partial charge is 0.308 e. The van der Waals surface area contributed by atoms with Crippen molar-refractivity contribution in [2.24, 2.45) is 0 Å². The number of aromatic nitrogens is 3. The number of halogens is 1. The van der Waals surface area contributed by atoms with Crippen molar-refractivity contribution in [1.29, 1.82) is 0 Å². The second-order valence-electron chi connectivity index (χ2n) is 5.22. The molecule has 0 bridgehead atoms. The van der Waals surface area contributed by atoms with E-state index >= 15 is 0 Å². The third-order valence-corrected chi connectivity index (χ3v) is 3.39. The van der Waals surface area contributed by atoms with E-state index in [1.54, 1.807) is 31.2 Å². The zero-order valence-electron chi connectivity index (χ0n) is 13.2. The molecule has 0 atom stereocenters.